The maximum absolute atomic E-state index is 11.9. The molecule has 0 saturated carbocycles. The second-order valence-corrected chi connectivity index (χ2v) is 5.31. The largest absolute Gasteiger partial charge is 0.369 e. The molecule has 2 amide bonds. The first-order valence-corrected chi connectivity index (χ1v) is 7.39. The fraction of sp³-hybridized carbons (Fsp3) is 0.0625. The minimum atomic E-state index is -0.351. The average Bonchev–Trinajstić information content (AvgIpc) is 2.55. The molecule has 0 bridgehead atoms. The number of carbonyl (C=O) groups excluding carboxylic acids is 1. The molecule has 7 nitrogen and oxygen atoms in total. The molecule has 0 unspecified atom stereocenters. The first-order valence-electron chi connectivity index (χ1n) is 7.01. The van der Waals surface area contributed by atoms with E-state index in [-0.39, 0.29) is 12.0 Å². The Bertz CT molecular complexity index is 764. The zero-order valence-electron chi connectivity index (χ0n) is 13.0. The van der Waals surface area contributed by atoms with Gasteiger partial charge in [0.1, 0.15) is 0 Å². The van der Waals surface area contributed by atoms with E-state index in [0.29, 0.717) is 22.1 Å². The van der Waals surface area contributed by atoms with E-state index in [1.54, 1.807) is 55.5 Å². The molecule has 0 saturated heterocycles. The summed E-state index contributed by atoms with van der Waals surface area (Å²) in [6.45, 7) is 1.78. The Balaban J connectivity index is 1.98. The average molecular weight is 345 g/mol. The van der Waals surface area contributed by atoms with Crippen LogP contribution in [0.4, 0.5) is 16.2 Å². The lowest BCUT2D eigenvalue weighted by Gasteiger charge is -2.08. The van der Waals surface area contributed by atoms with Gasteiger partial charge in [0.05, 0.1) is 5.71 Å². The highest BCUT2D eigenvalue weighted by Crippen LogP contribution is 2.15. The van der Waals surface area contributed by atoms with Crippen molar-refractivity contribution in [3.63, 3.8) is 0 Å². The first-order chi connectivity index (χ1) is 11.4. The summed E-state index contributed by atoms with van der Waals surface area (Å²) >= 11 is 5.80. The van der Waals surface area contributed by atoms with Gasteiger partial charge in [0.2, 0.25) is 5.96 Å². The van der Waals surface area contributed by atoms with Crippen molar-refractivity contribution >= 4 is 40.7 Å². The zero-order chi connectivity index (χ0) is 17.5. The number of guanidine groups is 1. The van der Waals surface area contributed by atoms with E-state index >= 15 is 0 Å². The van der Waals surface area contributed by atoms with Gasteiger partial charge in [-0.1, -0.05) is 23.7 Å². The van der Waals surface area contributed by atoms with Gasteiger partial charge >= 0.3 is 6.03 Å². The standard InChI is InChI=1S/C16H17ClN6O/c1-10(22-23-15(18)19)11-2-6-13(7-3-11)20-16(24)21-14-8-4-12(17)5-9-14/h2-9H,1H3,(H4,18,19,23)(H2,20,21,24). The summed E-state index contributed by atoms with van der Waals surface area (Å²) in [5, 5.41) is 13.5. The number of urea groups is 1. The van der Waals surface area contributed by atoms with E-state index in [1.165, 1.54) is 0 Å². The van der Waals surface area contributed by atoms with Crippen LogP contribution in [0.15, 0.2) is 58.7 Å². The van der Waals surface area contributed by atoms with Gasteiger partial charge in [-0.05, 0) is 48.9 Å². The molecule has 0 heterocycles. The molecule has 8 heteroatoms. The van der Waals surface area contributed by atoms with Crippen LogP contribution in [-0.4, -0.2) is 17.7 Å². The maximum Gasteiger partial charge on any atom is 0.323 e. The number of carbonyl (C=O) groups is 1. The van der Waals surface area contributed by atoms with Crippen molar-refractivity contribution in [1.82, 2.24) is 0 Å². The monoisotopic (exact) mass is 344 g/mol. The summed E-state index contributed by atoms with van der Waals surface area (Å²) in [6.07, 6.45) is 0. The van der Waals surface area contributed by atoms with Crippen LogP contribution in [0.1, 0.15) is 12.5 Å². The van der Waals surface area contributed by atoms with Gasteiger partial charge in [0.15, 0.2) is 0 Å². The van der Waals surface area contributed by atoms with Crippen LogP contribution < -0.4 is 22.1 Å². The molecular formula is C16H17ClN6O. The Morgan fingerprint density at radius 3 is 1.92 bits per heavy atom. The van der Waals surface area contributed by atoms with Crippen LogP contribution in [0, 0.1) is 0 Å². The highest BCUT2D eigenvalue weighted by molar-refractivity contribution is 6.30. The van der Waals surface area contributed by atoms with Crippen molar-refractivity contribution < 1.29 is 4.79 Å². The first kappa shape index (κ1) is 17.3. The highest BCUT2D eigenvalue weighted by atomic mass is 35.5. The van der Waals surface area contributed by atoms with E-state index in [9.17, 15) is 4.79 Å². The molecule has 6 N–H and O–H groups in total. The molecule has 2 aromatic carbocycles. The molecule has 124 valence electrons. The molecule has 24 heavy (non-hydrogen) atoms. The van der Waals surface area contributed by atoms with E-state index in [2.05, 4.69) is 20.8 Å². The van der Waals surface area contributed by atoms with Crippen molar-refractivity contribution in [2.24, 2.45) is 21.7 Å². The highest BCUT2D eigenvalue weighted by Gasteiger charge is 2.04. The van der Waals surface area contributed by atoms with Gasteiger partial charge in [-0.25, -0.2) is 4.79 Å². The Hall–Kier alpha value is -3.06. The van der Waals surface area contributed by atoms with Crippen LogP contribution >= 0.6 is 11.6 Å². The van der Waals surface area contributed by atoms with E-state index in [1.807, 2.05) is 0 Å². The van der Waals surface area contributed by atoms with Gasteiger partial charge in [-0.2, -0.15) is 5.10 Å². The SMILES string of the molecule is CC(=NN=C(N)N)c1ccc(NC(=O)Nc2ccc(Cl)cc2)cc1. The summed E-state index contributed by atoms with van der Waals surface area (Å²) < 4.78 is 0. The van der Waals surface area contributed by atoms with E-state index in [4.69, 9.17) is 23.1 Å². The predicted octanol–water partition coefficient (Wildman–Crippen LogP) is 2.98. The van der Waals surface area contributed by atoms with Crippen LogP contribution in [0.3, 0.4) is 0 Å². The third-order valence-electron chi connectivity index (χ3n) is 2.98. The van der Waals surface area contributed by atoms with Gasteiger partial charge in [-0.3, -0.25) is 0 Å². The number of hydrogen-bond acceptors (Lipinski definition) is 3. The lowest BCUT2D eigenvalue weighted by atomic mass is 10.1. The minimum Gasteiger partial charge on any atom is -0.369 e. The molecule has 0 aliphatic carbocycles. The molecule has 2 rings (SSSR count). The summed E-state index contributed by atoms with van der Waals surface area (Å²) in [4.78, 5) is 11.9. The molecular weight excluding hydrogens is 328 g/mol. The Kier molecular flexibility index (Phi) is 5.75. The third kappa shape index (κ3) is 5.29. The number of nitrogens with two attached hydrogens (primary N) is 2. The Labute approximate surface area is 144 Å². The van der Waals surface area contributed by atoms with Crippen molar-refractivity contribution in [2.45, 2.75) is 6.92 Å². The topological polar surface area (TPSA) is 118 Å². The third-order valence-corrected chi connectivity index (χ3v) is 3.23. The van der Waals surface area contributed by atoms with Crippen molar-refractivity contribution in [3.8, 4) is 0 Å². The summed E-state index contributed by atoms with van der Waals surface area (Å²) in [6, 6.07) is 13.6. The quantitative estimate of drug-likeness (QED) is 0.388. The number of nitrogens with one attached hydrogen (secondary N) is 2. The fourth-order valence-electron chi connectivity index (χ4n) is 1.81. The van der Waals surface area contributed by atoms with E-state index in [0.717, 1.165) is 5.56 Å². The summed E-state index contributed by atoms with van der Waals surface area (Å²) in [5.74, 6) is -0.105. The molecule has 0 aliphatic heterocycles. The predicted molar refractivity (Wildman–Crippen MR) is 98.6 cm³/mol. The molecule has 0 aromatic heterocycles. The van der Waals surface area contributed by atoms with Crippen LogP contribution in [0.25, 0.3) is 0 Å². The normalized spacial score (nSPS) is 10.8. The summed E-state index contributed by atoms with van der Waals surface area (Å²) in [7, 11) is 0. The van der Waals surface area contributed by atoms with E-state index < -0.39 is 0 Å². The number of rotatable bonds is 4. The lowest BCUT2D eigenvalue weighted by molar-refractivity contribution is 0.262. The molecule has 0 fully saturated rings. The second-order valence-electron chi connectivity index (χ2n) is 4.87. The fourth-order valence-corrected chi connectivity index (χ4v) is 1.94. The molecule has 0 spiro atoms. The van der Waals surface area contributed by atoms with Gasteiger partial charge in [-0.15, -0.1) is 5.10 Å². The number of hydrogen-bond donors (Lipinski definition) is 4. The zero-order valence-corrected chi connectivity index (χ0v) is 13.7. The molecule has 0 atom stereocenters. The number of anilines is 2. The summed E-state index contributed by atoms with van der Waals surface area (Å²) in [5.41, 5.74) is 13.2. The molecule has 0 aliphatic rings. The number of halogens is 1. The van der Waals surface area contributed by atoms with Crippen molar-refractivity contribution in [1.29, 1.82) is 0 Å². The maximum atomic E-state index is 11.9. The van der Waals surface area contributed by atoms with Crippen molar-refractivity contribution in [2.75, 3.05) is 10.6 Å². The van der Waals surface area contributed by atoms with Crippen molar-refractivity contribution in [3.05, 3.63) is 59.1 Å². The molecule has 2 aromatic rings. The van der Waals surface area contributed by atoms with Gasteiger partial charge < -0.3 is 22.1 Å². The second kappa shape index (κ2) is 7.98. The minimum absolute atomic E-state index is 0.105. The lowest BCUT2D eigenvalue weighted by Crippen LogP contribution is -2.22. The van der Waals surface area contributed by atoms with Crippen LogP contribution in [0.2, 0.25) is 5.02 Å². The number of amides is 2. The van der Waals surface area contributed by atoms with Crippen LogP contribution in [0.5, 0.6) is 0 Å². The Morgan fingerprint density at radius 2 is 1.42 bits per heavy atom. The van der Waals surface area contributed by atoms with Gasteiger partial charge in [0.25, 0.3) is 0 Å². The smallest absolute Gasteiger partial charge is 0.323 e. The number of nitrogens with zero attached hydrogens (tertiary/aromatic N) is 2. The Morgan fingerprint density at radius 1 is 0.917 bits per heavy atom. The van der Waals surface area contributed by atoms with Crippen LogP contribution in [-0.2, 0) is 0 Å². The van der Waals surface area contributed by atoms with Gasteiger partial charge in [0, 0.05) is 16.4 Å². The molecule has 0 radical (unpaired) electrons. The number of benzene rings is 2.